The maximum absolute atomic E-state index is 14.3. The molecule has 3 heteroatoms. The van der Waals surface area contributed by atoms with Gasteiger partial charge in [-0.1, -0.05) is 42.5 Å². The van der Waals surface area contributed by atoms with E-state index >= 15 is 0 Å². The topological polar surface area (TPSA) is 29.3 Å². The number of nitrogens with zero attached hydrogens (tertiary/aromatic N) is 1. The number of hydrogen-bond donors (Lipinski definition) is 1. The lowest BCUT2D eigenvalue weighted by atomic mass is 10.1. The first-order valence-corrected chi connectivity index (χ1v) is 6.91. The van der Waals surface area contributed by atoms with Crippen LogP contribution in [0, 0.1) is 5.82 Å². The van der Waals surface area contributed by atoms with Crippen LogP contribution in [0.2, 0.25) is 0 Å². The van der Waals surface area contributed by atoms with Crippen molar-refractivity contribution >= 4 is 5.69 Å². The van der Waals surface area contributed by atoms with E-state index in [-0.39, 0.29) is 11.9 Å². The van der Waals surface area contributed by atoms with Crippen LogP contribution in [0.15, 0.2) is 48.5 Å². The molecule has 2 N–H and O–H groups in total. The summed E-state index contributed by atoms with van der Waals surface area (Å²) in [6, 6.07) is 15.4. The molecule has 0 saturated carbocycles. The molecule has 0 atom stereocenters. The van der Waals surface area contributed by atoms with Gasteiger partial charge < -0.3 is 10.6 Å². The summed E-state index contributed by atoms with van der Waals surface area (Å²) >= 11 is 0. The molecule has 20 heavy (non-hydrogen) atoms. The third-order valence-electron chi connectivity index (χ3n) is 3.40. The first-order valence-electron chi connectivity index (χ1n) is 6.91. The third kappa shape index (κ3) is 3.17. The molecule has 0 spiro atoms. The van der Waals surface area contributed by atoms with Crippen LogP contribution in [-0.4, -0.2) is 6.04 Å². The lowest BCUT2D eigenvalue weighted by Crippen LogP contribution is -2.32. The second-order valence-electron chi connectivity index (χ2n) is 5.16. The van der Waals surface area contributed by atoms with Gasteiger partial charge in [0.05, 0.1) is 5.69 Å². The summed E-state index contributed by atoms with van der Waals surface area (Å²) in [7, 11) is 0. The van der Waals surface area contributed by atoms with E-state index in [1.165, 1.54) is 6.07 Å². The predicted octanol–water partition coefficient (Wildman–Crippen LogP) is 3.70. The highest BCUT2D eigenvalue weighted by Crippen LogP contribution is 2.27. The standard InChI is InChI=1S/C17H21FN2/c1-13(2)20(12-14-7-4-3-5-8-14)17-15(11-19)9-6-10-16(17)18/h3-10,13H,11-12,19H2,1-2H3. The SMILES string of the molecule is CC(C)N(Cc1ccccc1)c1c(F)cccc1CN. The fourth-order valence-corrected chi connectivity index (χ4v) is 2.35. The Balaban J connectivity index is 2.39. The highest BCUT2D eigenvalue weighted by atomic mass is 19.1. The van der Waals surface area contributed by atoms with Gasteiger partial charge in [-0.05, 0) is 31.0 Å². The second kappa shape index (κ2) is 6.53. The van der Waals surface area contributed by atoms with Crippen molar-refractivity contribution in [3.8, 4) is 0 Å². The molecular formula is C17H21FN2. The van der Waals surface area contributed by atoms with Crippen molar-refractivity contribution in [3.05, 3.63) is 65.5 Å². The zero-order chi connectivity index (χ0) is 14.5. The molecule has 0 heterocycles. The third-order valence-corrected chi connectivity index (χ3v) is 3.40. The minimum Gasteiger partial charge on any atom is -0.362 e. The number of benzene rings is 2. The zero-order valence-corrected chi connectivity index (χ0v) is 12.0. The predicted molar refractivity (Wildman–Crippen MR) is 82.1 cm³/mol. The van der Waals surface area contributed by atoms with Crippen LogP contribution >= 0.6 is 0 Å². The molecule has 0 aliphatic heterocycles. The van der Waals surface area contributed by atoms with E-state index in [2.05, 4.69) is 30.9 Å². The van der Waals surface area contributed by atoms with E-state index in [0.29, 0.717) is 18.8 Å². The quantitative estimate of drug-likeness (QED) is 0.899. The Kier molecular flexibility index (Phi) is 4.74. The molecule has 2 nitrogen and oxygen atoms in total. The smallest absolute Gasteiger partial charge is 0.146 e. The number of nitrogens with two attached hydrogens (primary N) is 1. The van der Waals surface area contributed by atoms with Crippen molar-refractivity contribution < 1.29 is 4.39 Å². The largest absolute Gasteiger partial charge is 0.362 e. The Morgan fingerprint density at radius 1 is 1.05 bits per heavy atom. The van der Waals surface area contributed by atoms with Crippen LogP contribution in [0.3, 0.4) is 0 Å². The van der Waals surface area contributed by atoms with Gasteiger partial charge in [0, 0.05) is 19.1 Å². The molecule has 0 fully saturated rings. The highest BCUT2D eigenvalue weighted by Gasteiger charge is 2.18. The fourth-order valence-electron chi connectivity index (χ4n) is 2.35. The molecule has 0 saturated heterocycles. The molecule has 106 valence electrons. The van der Waals surface area contributed by atoms with Crippen molar-refractivity contribution in [2.75, 3.05) is 4.90 Å². The van der Waals surface area contributed by atoms with Crippen LogP contribution < -0.4 is 10.6 Å². The van der Waals surface area contributed by atoms with Gasteiger partial charge in [-0.25, -0.2) is 4.39 Å². The minimum absolute atomic E-state index is 0.192. The summed E-state index contributed by atoms with van der Waals surface area (Å²) in [6.45, 7) is 5.14. The van der Waals surface area contributed by atoms with Crippen molar-refractivity contribution in [2.45, 2.75) is 33.0 Å². The van der Waals surface area contributed by atoms with Gasteiger partial charge in [-0.15, -0.1) is 0 Å². The maximum atomic E-state index is 14.3. The summed E-state index contributed by atoms with van der Waals surface area (Å²) in [5.74, 6) is -0.211. The average molecular weight is 272 g/mol. The van der Waals surface area contributed by atoms with Gasteiger partial charge in [0.1, 0.15) is 5.82 Å². The first-order chi connectivity index (χ1) is 9.63. The number of hydrogen-bond acceptors (Lipinski definition) is 2. The Morgan fingerprint density at radius 3 is 2.35 bits per heavy atom. The lowest BCUT2D eigenvalue weighted by molar-refractivity contribution is 0.595. The molecule has 0 radical (unpaired) electrons. The highest BCUT2D eigenvalue weighted by molar-refractivity contribution is 5.56. The van der Waals surface area contributed by atoms with E-state index in [0.717, 1.165) is 11.1 Å². The van der Waals surface area contributed by atoms with Gasteiger partial charge >= 0.3 is 0 Å². The van der Waals surface area contributed by atoms with Crippen LogP contribution in [0.25, 0.3) is 0 Å². The molecule has 0 unspecified atom stereocenters. The van der Waals surface area contributed by atoms with Crippen molar-refractivity contribution in [1.82, 2.24) is 0 Å². The fraction of sp³-hybridized carbons (Fsp3) is 0.294. The first kappa shape index (κ1) is 14.5. The normalized spacial score (nSPS) is 10.8. The van der Waals surface area contributed by atoms with E-state index in [1.807, 2.05) is 24.3 Å². The lowest BCUT2D eigenvalue weighted by Gasteiger charge is -2.31. The molecule has 0 aliphatic rings. The number of para-hydroxylation sites is 1. The van der Waals surface area contributed by atoms with Gasteiger partial charge in [0.2, 0.25) is 0 Å². The van der Waals surface area contributed by atoms with Crippen LogP contribution in [0.5, 0.6) is 0 Å². The van der Waals surface area contributed by atoms with Crippen molar-refractivity contribution in [1.29, 1.82) is 0 Å². The summed E-state index contributed by atoms with van der Waals surface area (Å²) in [6.07, 6.45) is 0. The Hall–Kier alpha value is -1.87. The van der Waals surface area contributed by atoms with Crippen LogP contribution in [-0.2, 0) is 13.1 Å². The van der Waals surface area contributed by atoms with Gasteiger partial charge in [-0.2, -0.15) is 0 Å². The van der Waals surface area contributed by atoms with Crippen LogP contribution in [0.1, 0.15) is 25.0 Å². The number of anilines is 1. The van der Waals surface area contributed by atoms with Crippen molar-refractivity contribution in [2.24, 2.45) is 5.73 Å². The van der Waals surface area contributed by atoms with E-state index in [9.17, 15) is 4.39 Å². The zero-order valence-electron chi connectivity index (χ0n) is 12.0. The second-order valence-corrected chi connectivity index (χ2v) is 5.16. The monoisotopic (exact) mass is 272 g/mol. The number of rotatable bonds is 5. The molecule has 0 aromatic heterocycles. The van der Waals surface area contributed by atoms with Gasteiger partial charge in [-0.3, -0.25) is 0 Å². The molecule has 2 aromatic rings. The molecule has 0 amide bonds. The summed E-state index contributed by atoms with van der Waals surface area (Å²) < 4.78 is 14.3. The molecule has 2 aromatic carbocycles. The van der Waals surface area contributed by atoms with E-state index in [1.54, 1.807) is 6.07 Å². The average Bonchev–Trinajstić information content (AvgIpc) is 2.46. The van der Waals surface area contributed by atoms with E-state index < -0.39 is 0 Å². The minimum atomic E-state index is -0.211. The summed E-state index contributed by atoms with van der Waals surface area (Å²) in [5, 5.41) is 0. The summed E-state index contributed by atoms with van der Waals surface area (Å²) in [4.78, 5) is 2.06. The number of halogens is 1. The Bertz CT molecular complexity index is 552. The van der Waals surface area contributed by atoms with Crippen molar-refractivity contribution in [3.63, 3.8) is 0 Å². The Labute approximate surface area is 120 Å². The molecular weight excluding hydrogens is 251 g/mol. The van der Waals surface area contributed by atoms with Gasteiger partial charge in [0.25, 0.3) is 0 Å². The Morgan fingerprint density at radius 2 is 1.75 bits per heavy atom. The molecule has 0 bridgehead atoms. The maximum Gasteiger partial charge on any atom is 0.146 e. The molecule has 2 rings (SSSR count). The molecule has 0 aliphatic carbocycles. The summed E-state index contributed by atoms with van der Waals surface area (Å²) in [5.41, 5.74) is 8.38. The van der Waals surface area contributed by atoms with Gasteiger partial charge in [0.15, 0.2) is 0 Å². The van der Waals surface area contributed by atoms with Crippen LogP contribution in [0.4, 0.5) is 10.1 Å². The van der Waals surface area contributed by atoms with E-state index in [4.69, 9.17) is 5.73 Å².